The summed E-state index contributed by atoms with van der Waals surface area (Å²) in [7, 11) is 0. The van der Waals surface area contributed by atoms with E-state index < -0.39 is 0 Å². The molecule has 0 amide bonds. The number of halogens is 1. The Kier molecular flexibility index (Phi) is 6.30. The Hall–Kier alpha value is -4.57. The highest BCUT2D eigenvalue weighted by atomic mass is 19.1. The average Bonchev–Trinajstić information content (AvgIpc) is 3.65. The SMILES string of the molecule is Fc1cccc(Cn2ncc3cc(Nc4ncnn5ccc(CNCCCn6ccnc6)c45)ccc32)c1. The van der Waals surface area contributed by atoms with Crippen molar-refractivity contribution in [2.24, 2.45) is 0 Å². The molecule has 0 saturated heterocycles. The first kappa shape index (κ1) is 22.9. The Morgan fingerprint density at radius 1 is 1.00 bits per heavy atom. The maximum Gasteiger partial charge on any atom is 0.158 e. The van der Waals surface area contributed by atoms with Gasteiger partial charge in [-0.1, -0.05) is 12.1 Å². The number of nitrogens with zero attached hydrogens (tertiary/aromatic N) is 7. The molecule has 6 aromatic rings. The highest BCUT2D eigenvalue weighted by Gasteiger charge is 2.12. The number of nitrogens with one attached hydrogen (secondary N) is 2. The molecule has 2 N–H and O–H groups in total. The van der Waals surface area contributed by atoms with Crippen LogP contribution < -0.4 is 10.6 Å². The van der Waals surface area contributed by atoms with Gasteiger partial charge in [0.25, 0.3) is 0 Å². The van der Waals surface area contributed by atoms with Crippen molar-refractivity contribution in [3.63, 3.8) is 0 Å². The van der Waals surface area contributed by atoms with E-state index in [9.17, 15) is 4.39 Å². The van der Waals surface area contributed by atoms with E-state index in [4.69, 9.17) is 0 Å². The molecule has 37 heavy (non-hydrogen) atoms. The fourth-order valence-corrected chi connectivity index (χ4v) is 4.52. The zero-order chi connectivity index (χ0) is 25.0. The normalized spacial score (nSPS) is 11.5. The summed E-state index contributed by atoms with van der Waals surface area (Å²) in [5.41, 5.74) is 4.80. The van der Waals surface area contributed by atoms with Gasteiger partial charge in [-0.05, 0) is 60.5 Å². The van der Waals surface area contributed by atoms with Crippen LogP contribution in [-0.2, 0) is 19.6 Å². The van der Waals surface area contributed by atoms with Crippen LogP contribution in [0.5, 0.6) is 0 Å². The van der Waals surface area contributed by atoms with Crippen LogP contribution in [0.25, 0.3) is 16.4 Å². The fraction of sp³-hybridized carbons (Fsp3) is 0.185. The lowest BCUT2D eigenvalue weighted by Crippen LogP contribution is -2.16. The predicted molar refractivity (Wildman–Crippen MR) is 140 cm³/mol. The molecule has 0 aliphatic carbocycles. The summed E-state index contributed by atoms with van der Waals surface area (Å²) in [6, 6.07) is 14.7. The zero-order valence-corrected chi connectivity index (χ0v) is 20.1. The number of benzene rings is 2. The van der Waals surface area contributed by atoms with Crippen molar-refractivity contribution in [3.05, 3.63) is 103 Å². The molecule has 0 saturated carbocycles. The van der Waals surface area contributed by atoms with Crippen LogP contribution in [0.2, 0.25) is 0 Å². The lowest BCUT2D eigenvalue weighted by molar-refractivity contribution is 0.581. The first-order valence-corrected chi connectivity index (χ1v) is 12.2. The van der Waals surface area contributed by atoms with Crippen molar-refractivity contribution < 1.29 is 4.39 Å². The molecule has 0 aliphatic heterocycles. The standard InChI is InChI=1S/C27H26FN9/c28-23-4-1-3-20(13-23)17-37-25-6-5-24(14-22(25)16-32-37)34-27-26-21(7-11-36(26)33-18-31-27)15-29-8-2-10-35-12-9-30-19-35/h1,3-7,9,11-14,16,18-19,29H,2,8,10,15,17H2,(H,31,33,34). The number of hydrogen-bond acceptors (Lipinski definition) is 6. The third-order valence-corrected chi connectivity index (χ3v) is 6.31. The van der Waals surface area contributed by atoms with Gasteiger partial charge in [0.05, 0.1) is 24.6 Å². The number of imidazole rings is 1. The molecular weight excluding hydrogens is 469 g/mol. The van der Waals surface area contributed by atoms with Gasteiger partial charge in [-0.2, -0.15) is 10.2 Å². The van der Waals surface area contributed by atoms with Crippen molar-refractivity contribution in [2.45, 2.75) is 26.1 Å². The van der Waals surface area contributed by atoms with Crippen molar-refractivity contribution >= 4 is 27.9 Å². The highest BCUT2D eigenvalue weighted by Crippen LogP contribution is 2.26. The number of aryl methyl sites for hydroxylation is 1. The monoisotopic (exact) mass is 495 g/mol. The summed E-state index contributed by atoms with van der Waals surface area (Å²) >= 11 is 0. The smallest absolute Gasteiger partial charge is 0.158 e. The molecule has 0 unspecified atom stereocenters. The molecule has 0 atom stereocenters. The largest absolute Gasteiger partial charge is 0.338 e. The minimum Gasteiger partial charge on any atom is -0.338 e. The predicted octanol–water partition coefficient (Wildman–Crippen LogP) is 4.39. The van der Waals surface area contributed by atoms with E-state index >= 15 is 0 Å². The zero-order valence-electron chi connectivity index (χ0n) is 20.1. The average molecular weight is 496 g/mol. The summed E-state index contributed by atoms with van der Waals surface area (Å²) in [5, 5.41) is 16.8. The van der Waals surface area contributed by atoms with E-state index in [0.717, 1.165) is 58.6 Å². The second kappa shape index (κ2) is 10.2. The molecule has 6 rings (SSSR count). The van der Waals surface area contributed by atoms with Crippen LogP contribution in [0.15, 0.2) is 86.0 Å². The maximum absolute atomic E-state index is 13.6. The van der Waals surface area contributed by atoms with Crippen molar-refractivity contribution in [2.75, 3.05) is 11.9 Å². The van der Waals surface area contributed by atoms with Gasteiger partial charge < -0.3 is 15.2 Å². The van der Waals surface area contributed by atoms with E-state index in [0.29, 0.717) is 13.1 Å². The summed E-state index contributed by atoms with van der Waals surface area (Å²) in [6.45, 7) is 3.04. The van der Waals surface area contributed by atoms with Gasteiger partial charge in [0, 0.05) is 42.8 Å². The van der Waals surface area contributed by atoms with Gasteiger partial charge in [0.1, 0.15) is 17.7 Å². The number of anilines is 2. The van der Waals surface area contributed by atoms with Crippen LogP contribution >= 0.6 is 0 Å². The van der Waals surface area contributed by atoms with Crippen LogP contribution in [0.3, 0.4) is 0 Å². The first-order chi connectivity index (χ1) is 18.2. The topological polar surface area (TPSA) is 89.9 Å². The Bertz CT molecular complexity index is 1630. The van der Waals surface area contributed by atoms with Gasteiger partial charge in [-0.25, -0.2) is 18.9 Å². The molecule has 4 aromatic heterocycles. The van der Waals surface area contributed by atoms with E-state index in [1.807, 2.05) is 58.4 Å². The summed E-state index contributed by atoms with van der Waals surface area (Å²) < 4.78 is 19.4. The molecule has 0 fully saturated rings. The van der Waals surface area contributed by atoms with E-state index in [1.165, 1.54) is 12.1 Å². The molecule has 0 radical (unpaired) electrons. The first-order valence-electron chi connectivity index (χ1n) is 12.2. The number of aromatic nitrogens is 7. The Labute approximate surface area is 212 Å². The van der Waals surface area contributed by atoms with E-state index in [1.54, 1.807) is 18.6 Å². The molecule has 4 heterocycles. The quantitative estimate of drug-likeness (QED) is 0.274. The molecule has 0 bridgehead atoms. The van der Waals surface area contributed by atoms with E-state index in [2.05, 4.69) is 41.4 Å². The Morgan fingerprint density at radius 2 is 1.97 bits per heavy atom. The van der Waals surface area contributed by atoms with Crippen molar-refractivity contribution in [3.8, 4) is 0 Å². The molecule has 186 valence electrons. The van der Waals surface area contributed by atoms with Crippen LogP contribution in [0, 0.1) is 5.82 Å². The van der Waals surface area contributed by atoms with Crippen molar-refractivity contribution in [1.29, 1.82) is 0 Å². The summed E-state index contributed by atoms with van der Waals surface area (Å²) in [6.07, 6.45) is 11.9. The van der Waals surface area contributed by atoms with Gasteiger partial charge >= 0.3 is 0 Å². The second-order valence-corrected chi connectivity index (χ2v) is 8.90. The van der Waals surface area contributed by atoms with Gasteiger partial charge in [0.15, 0.2) is 5.82 Å². The maximum atomic E-state index is 13.6. The van der Waals surface area contributed by atoms with E-state index in [-0.39, 0.29) is 5.82 Å². The molecule has 2 aromatic carbocycles. The van der Waals surface area contributed by atoms with Crippen LogP contribution in [0.4, 0.5) is 15.9 Å². The molecule has 0 spiro atoms. The molecule has 9 nitrogen and oxygen atoms in total. The summed E-state index contributed by atoms with van der Waals surface area (Å²) in [4.78, 5) is 8.60. The Balaban J connectivity index is 1.16. The highest BCUT2D eigenvalue weighted by molar-refractivity contribution is 5.85. The van der Waals surface area contributed by atoms with Gasteiger partial charge in [-0.3, -0.25) is 4.68 Å². The van der Waals surface area contributed by atoms with Crippen LogP contribution in [-0.4, -0.2) is 40.5 Å². The molecule has 10 heteroatoms. The number of fused-ring (bicyclic) bond motifs is 2. The minimum absolute atomic E-state index is 0.244. The van der Waals surface area contributed by atoms with Crippen molar-refractivity contribution in [1.82, 2.24) is 39.2 Å². The van der Waals surface area contributed by atoms with Gasteiger partial charge in [-0.15, -0.1) is 0 Å². The lowest BCUT2D eigenvalue weighted by atomic mass is 10.2. The third kappa shape index (κ3) is 5.05. The number of rotatable bonds is 10. The molecular formula is C27H26FN9. The minimum atomic E-state index is -0.244. The second-order valence-electron chi connectivity index (χ2n) is 8.90. The van der Waals surface area contributed by atoms with Crippen LogP contribution in [0.1, 0.15) is 17.5 Å². The molecule has 0 aliphatic rings. The number of hydrogen-bond donors (Lipinski definition) is 2. The third-order valence-electron chi connectivity index (χ3n) is 6.31. The Morgan fingerprint density at radius 3 is 2.86 bits per heavy atom. The van der Waals surface area contributed by atoms with Gasteiger partial charge in [0.2, 0.25) is 0 Å². The lowest BCUT2D eigenvalue weighted by Gasteiger charge is -2.10. The summed E-state index contributed by atoms with van der Waals surface area (Å²) in [5.74, 6) is 0.493. The fourth-order valence-electron chi connectivity index (χ4n) is 4.52.